The molecule has 3 N–H and O–H groups in total. The average Bonchev–Trinajstić information content (AvgIpc) is 3.08. The minimum absolute atomic E-state index is 0.0566. The Labute approximate surface area is 90.5 Å². The molecule has 2 fully saturated rings. The highest BCUT2D eigenvalue weighted by Crippen LogP contribution is 2.55. The molecule has 0 unspecified atom stereocenters. The van der Waals surface area contributed by atoms with Crippen molar-refractivity contribution >= 4 is 5.91 Å². The van der Waals surface area contributed by atoms with E-state index in [0.29, 0.717) is 19.0 Å². The van der Waals surface area contributed by atoms with Gasteiger partial charge >= 0.3 is 0 Å². The van der Waals surface area contributed by atoms with E-state index >= 15 is 0 Å². The van der Waals surface area contributed by atoms with Crippen LogP contribution in [0.2, 0.25) is 0 Å². The number of hydrogen-bond acceptors (Lipinski definition) is 3. The Morgan fingerprint density at radius 1 is 1.40 bits per heavy atom. The van der Waals surface area contributed by atoms with Gasteiger partial charge in [0.25, 0.3) is 0 Å². The Bertz CT molecular complexity index is 233. The molecule has 1 aliphatic carbocycles. The van der Waals surface area contributed by atoms with E-state index in [4.69, 9.17) is 10.5 Å². The minimum atomic E-state index is -0.0566. The molecule has 1 saturated heterocycles. The van der Waals surface area contributed by atoms with E-state index in [9.17, 15) is 4.79 Å². The second-order valence-corrected chi connectivity index (χ2v) is 4.59. The number of ether oxygens (including phenoxy) is 1. The summed E-state index contributed by atoms with van der Waals surface area (Å²) in [5.41, 5.74) is 5.33. The zero-order valence-electron chi connectivity index (χ0n) is 9.13. The van der Waals surface area contributed by atoms with Crippen molar-refractivity contribution in [3.8, 4) is 0 Å². The first kappa shape index (κ1) is 10.9. The monoisotopic (exact) mass is 212 g/mol. The summed E-state index contributed by atoms with van der Waals surface area (Å²) in [6.45, 7) is 2.76. The molecule has 0 spiro atoms. The molecule has 1 saturated carbocycles. The van der Waals surface area contributed by atoms with Crippen LogP contribution in [-0.2, 0) is 9.53 Å². The van der Waals surface area contributed by atoms with Gasteiger partial charge in [0.2, 0.25) is 5.91 Å². The van der Waals surface area contributed by atoms with Gasteiger partial charge in [-0.2, -0.15) is 0 Å². The number of rotatable bonds is 4. The fraction of sp³-hybridized carbons (Fsp3) is 0.909. The zero-order valence-corrected chi connectivity index (χ0v) is 9.13. The maximum atomic E-state index is 12.0. The van der Waals surface area contributed by atoms with Gasteiger partial charge in [-0.1, -0.05) is 0 Å². The Morgan fingerprint density at radius 3 is 2.60 bits per heavy atom. The molecule has 2 rings (SSSR count). The van der Waals surface area contributed by atoms with E-state index in [1.54, 1.807) is 0 Å². The highest BCUT2D eigenvalue weighted by Gasteiger charge is 2.55. The lowest BCUT2D eigenvalue weighted by Gasteiger charge is -2.29. The quantitative estimate of drug-likeness (QED) is 0.703. The predicted octanol–water partition coefficient (Wildman–Crippen LogP) is 0.268. The lowest BCUT2D eigenvalue weighted by atomic mass is 9.82. The standard InChI is InChI=1S/C11H20N2O2/c12-5-6-13-10(14)11(3-4-11)9-1-7-15-8-2-9/h9H,1-8,12H2,(H,13,14). The second kappa shape index (κ2) is 4.49. The van der Waals surface area contributed by atoms with Gasteiger partial charge in [-0.15, -0.1) is 0 Å². The molecule has 4 nitrogen and oxygen atoms in total. The van der Waals surface area contributed by atoms with Crippen molar-refractivity contribution in [3.05, 3.63) is 0 Å². The lowest BCUT2D eigenvalue weighted by molar-refractivity contribution is -0.129. The molecule has 4 heteroatoms. The molecule has 1 heterocycles. The highest BCUT2D eigenvalue weighted by molar-refractivity contribution is 5.85. The topological polar surface area (TPSA) is 64.3 Å². The fourth-order valence-electron chi connectivity index (χ4n) is 2.57. The summed E-state index contributed by atoms with van der Waals surface area (Å²) in [5.74, 6) is 0.754. The smallest absolute Gasteiger partial charge is 0.226 e. The number of nitrogens with two attached hydrogens (primary N) is 1. The third-order valence-electron chi connectivity index (χ3n) is 3.67. The number of hydrogen-bond donors (Lipinski definition) is 2. The van der Waals surface area contributed by atoms with Crippen LogP contribution in [0.4, 0.5) is 0 Å². The van der Waals surface area contributed by atoms with Crippen LogP contribution in [0.5, 0.6) is 0 Å². The Balaban J connectivity index is 1.90. The van der Waals surface area contributed by atoms with Crippen LogP contribution >= 0.6 is 0 Å². The summed E-state index contributed by atoms with van der Waals surface area (Å²) in [6, 6.07) is 0. The average molecular weight is 212 g/mol. The molecule has 1 aliphatic heterocycles. The van der Waals surface area contributed by atoms with Gasteiger partial charge in [0, 0.05) is 26.3 Å². The van der Waals surface area contributed by atoms with Gasteiger partial charge in [0.15, 0.2) is 0 Å². The van der Waals surface area contributed by atoms with Crippen molar-refractivity contribution in [2.24, 2.45) is 17.1 Å². The number of carbonyl (C=O) groups is 1. The van der Waals surface area contributed by atoms with Crippen LogP contribution in [0.1, 0.15) is 25.7 Å². The summed E-state index contributed by atoms with van der Waals surface area (Å²) in [7, 11) is 0. The first-order valence-electron chi connectivity index (χ1n) is 5.86. The summed E-state index contributed by atoms with van der Waals surface area (Å²) in [5, 5.41) is 2.93. The van der Waals surface area contributed by atoms with E-state index in [1.807, 2.05) is 0 Å². The zero-order chi connectivity index (χ0) is 10.7. The Morgan fingerprint density at radius 2 is 2.07 bits per heavy atom. The highest BCUT2D eigenvalue weighted by atomic mass is 16.5. The van der Waals surface area contributed by atoms with Crippen LogP contribution in [0.25, 0.3) is 0 Å². The van der Waals surface area contributed by atoms with E-state index < -0.39 is 0 Å². The first-order valence-corrected chi connectivity index (χ1v) is 5.86. The van der Waals surface area contributed by atoms with E-state index in [0.717, 1.165) is 38.9 Å². The first-order chi connectivity index (χ1) is 7.29. The van der Waals surface area contributed by atoms with Crippen molar-refractivity contribution in [2.45, 2.75) is 25.7 Å². The van der Waals surface area contributed by atoms with Crippen molar-refractivity contribution in [1.29, 1.82) is 0 Å². The summed E-state index contributed by atoms with van der Waals surface area (Å²) in [4.78, 5) is 12.0. The third-order valence-corrected chi connectivity index (χ3v) is 3.67. The molecule has 15 heavy (non-hydrogen) atoms. The van der Waals surface area contributed by atoms with E-state index in [1.165, 1.54) is 0 Å². The summed E-state index contributed by atoms with van der Waals surface area (Å²) in [6.07, 6.45) is 4.17. The summed E-state index contributed by atoms with van der Waals surface area (Å²) >= 11 is 0. The van der Waals surface area contributed by atoms with Crippen molar-refractivity contribution in [2.75, 3.05) is 26.3 Å². The van der Waals surface area contributed by atoms with Gasteiger partial charge in [0.1, 0.15) is 0 Å². The molecule has 0 aromatic heterocycles. The maximum Gasteiger partial charge on any atom is 0.226 e. The fourth-order valence-corrected chi connectivity index (χ4v) is 2.57. The number of nitrogens with one attached hydrogen (secondary N) is 1. The predicted molar refractivity (Wildman–Crippen MR) is 57.3 cm³/mol. The van der Waals surface area contributed by atoms with Crippen molar-refractivity contribution in [3.63, 3.8) is 0 Å². The summed E-state index contributed by atoms with van der Waals surface area (Å²) < 4.78 is 5.33. The molecule has 1 amide bonds. The Kier molecular flexibility index (Phi) is 3.26. The molecule has 2 aliphatic rings. The van der Waals surface area contributed by atoms with Gasteiger partial charge in [-0.05, 0) is 31.6 Å². The lowest BCUT2D eigenvalue weighted by Crippen LogP contribution is -2.40. The van der Waals surface area contributed by atoms with Crippen LogP contribution in [0, 0.1) is 11.3 Å². The van der Waals surface area contributed by atoms with Crippen molar-refractivity contribution < 1.29 is 9.53 Å². The largest absolute Gasteiger partial charge is 0.381 e. The third kappa shape index (κ3) is 2.16. The Hall–Kier alpha value is -0.610. The molecular formula is C11H20N2O2. The molecule has 0 atom stereocenters. The molecule has 0 bridgehead atoms. The normalized spacial score (nSPS) is 24.9. The molecule has 0 radical (unpaired) electrons. The SMILES string of the molecule is NCCNC(=O)C1(C2CCOCC2)CC1. The maximum absolute atomic E-state index is 12.0. The molecule has 0 aromatic carbocycles. The van der Waals surface area contributed by atoms with Crippen LogP contribution in [0.15, 0.2) is 0 Å². The van der Waals surface area contributed by atoms with E-state index in [-0.39, 0.29) is 11.3 Å². The second-order valence-electron chi connectivity index (χ2n) is 4.59. The van der Waals surface area contributed by atoms with Crippen LogP contribution in [0.3, 0.4) is 0 Å². The van der Waals surface area contributed by atoms with Gasteiger partial charge < -0.3 is 15.8 Å². The molecule has 86 valence electrons. The van der Waals surface area contributed by atoms with Gasteiger partial charge in [-0.25, -0.2) is 0 Å². The molecular weight excluding hydrogens is 192 g/mol. The van der Waals surface area contributed by atoms with E-state index in [2.05, 4.69) is 5.32 Å². The van der Waals surface area contributed by atoms with Crippen molar-refractivity contribution in [1.82, 2.24) is 5.32 Å². The van der Waals surface area contributed by atoms with Gasteiger partial charge in [0.05, 0.1) is 5.41 Å². The number of carbonyl (C=O) groups excluding carboxylic acids is 1. The molecule has 0 aromatic rings. The van der Waals surface area contributed by atoms with Crippen LogP contribution in [-0.4, -0.2) is 32.2 Å². The number of amides is 1. The van der Waals surface area contributed by atoms with Gasteiger partial charge in [-0.3, -0.25) is 4.79 Å². The van der Waals surface area contributed by atoms with Crippen LogP contribution < -0.4 is 11.1 Å². The minimum Gasteiger partial charge on any atom is -0.381 e.